The quantitative estimate of drug-likeness (QED) is 0.649. The molecule has 29 heavy (non-hydrogen) atoms. The Balaban J connectivity index is 1.40. The molecule has 1 amide bonds. The van der Waals surface area contributed by atoms with Gasteiger partial charge in [0.25, 0.3) is 0 Å². The molecule has 2 aromatic carbocycles. The largest absolute Gasteiger partial charge is 0.497 e. The number of thioether (sulfide) groups is 1. The number of nitrogens with zero attached hydrogens (tertiary/aromatic N) is 1. The third kappa shape index (κ3) is 4.77. The van der Waals surface area contributed by atoms with Gasteiger partial charge in [-0.15, -0.1) is 0 Å². The Morgan fingerprint density at radius 1 is 1.21 bits per heavy atom. The number of furan rings is 1. The van der Waals surface area contributed by atoms with E-state index in [-0.39, 0.29) is 12.3 Å². The maximum absolute atomic E-state index is 12.6. The van der Waals surface area contributed by atoms with Crippen LogP contribution in [0.3, 0.4) is 0 Å². The van der Waals surface area contributed by atoms with Gasteiger partial charge in [0.2, 0.25) is 5.91 Å². The zero-order valence-electron chi connectivity index (χ0n) is 16.9. The second-order valence-electron chi connectivity index (χ2n) is 7.39. The molecule has 0 unspecified atom stereocenters. The highest BCUT2D eigenvalue weighted by atomic mass is 32.2. The van der Waals surface area contributed by atoms with Gasteiger partial charge in [0.05, 0.1) is 19.8 Å². The second-order valence-corrected chi connectivity index (χ2v) is 8.61. The third-order valence-electron chi connectivity index (χ3n) is 5.29. The number of rotatable bonds is 6. The van der Waals surface area contributed by atoms with Crippen molar-refractivity contribution < 1.29 is 13.9 Å². The van der Waals surface area contributed by atoms with Crippen molar-refractivity contribution in [3.05, 3.63) is 59.4 Å². The monoisotopic (exact) mass is 410 g/mol. The minimum Gasteiger partial charge on any atom is -0.497 e. The number of anilines is 1. The van der Waals surface area contributed by atoms with Gasteiger partial charge in [-0.25, -0.2) is 0 Å². The summed E-state index contributed by atoms with van der Waals surface area (Å²) in [6, 6.07) is 11.9. The number of methoxy groups -OCH3 is 1. The number of hydrogen-bond donors (Lipinski definition) is 1. The summed E-state index contributed by atoms with van der Waals surface area (Å²) in [4.78, 5) is 15.1. The molecule has 1 aromatic heterocycles. The molecule has 0 bridgehead atoms. The van der Waals surface area contributed by atoms with Gasteiger partial charge in [0, 0.05) is 53.8 Å². The lowest BCUT2D eigenvalue weighted by atomic mass is 10.1. The molecule has 1 aliphatic heterocycles. The average Bonchev–Trinajstić information content (AvgIpc) is 3.12. The van der Waals surface area contributed by atoms with E-state index in [1.165, 1.54) is 17.1 Å². The number of aryl methyl sites for hydroxylation is 1. The molecule has 0 aliphatic carbocycles. The van der Waals surface area contributed by atoms with Crippen LogP contribution in [-0.4, -0.2) is 42.5 Å². The first-order chi connectivity index (χ1) is 14.1. The lowest BCUT2D eigenvalue weighted by Crippen LogP contribution is -2.31. The number of carbonyl (C=O) groups excluding carboxylic acids is 1. The standard InChI is InChI=1S/C23H26N2O3S/c1-16-11-17(14-25-7-9-29-10-8-25)3-6-21(16)24-23(26)12-18-15-28-22-13-19(27-2)4-5-20(18)22/h3-6,11,13,15H,7-10,12,14H2,1-2H3,(H,24,26). The number of hydrogen-bond acceptors (Lipinski definition) is 5. The molecule has 1 fully saturated rings. The van der Waals surface area contributed by atoms with Gasteiger partial charge in [0.15, 0.2) is 0 Å². The van der Waals surface area contributed by atoms with Crippen molar-refractivity contribution in [1.29, 1.82) is 0 Å². The number of fused-ring (bicyclic) bond motifs is 1. The van der Waals surface area contributed by atoms with Gasteiger partial charge >= 0.3 is 0 Å². The van der Waals surface area contributed by atoms with Crippen LogP contribution in [0.4, 0.5) is 5.69 Å². The van der Waals surface area contributed by atoms with Crippen molar-refractivity contribution in [3.63, 3.8) is 0 Å². The normalized spacial score (nSPS) is 14.8. The molecular weight excluding hydrogens is 384 g/mol. The zero-order valence-corrected chi connectivity index (χ0v) is 17.7. The van der Waals surface area contributed by atoms with Gasteiger partial charge in [0.1, 0.15) is 11.3 Å². The molecule has 0 atom stereocenters. The molecule has 5 nitrogen and oxygen atoms in total. The maximum Gasteiger partial charge on any atom is 0.228 e. The predicted octanol–water partition coefficient (Wildman–Crippen LogP) is 4.48. The molecule has 4 rings (SSSR count). The Bertz CT molecular complexity index is 1010. The van der Waals surface area contributed by atoms with Crippen LogP contribution < -0.4 is 10.1 Å². The van der Waals surface area contributed by atoms with Gasteiger partial charge in [-0.2, -0.15) is 11.8 Å². The van der Waals surface area contributed by atoms with Crippen LogP contribution in [0.25, 0.3) is 11.0 Å². The Labute approximate surface area is 175 Å². The summed E-state index contributed by atoms with van der Waals surface area (Å²) in [7, 11) is 1.62. The van der Waals surface area contributed by atoms with E-state index < -0.39 is 0 Å². The van der Waals surface area contributed by atoms with Crippen LogP contribution in [0, 0.1) is 6.92 Å². The SMILES string of the molecule is COc1ccc2c(CC(=O)Nc3ccc(CN4CCSCC4)cc3C)coc2c1. The summed E-state index contributed by atoms with van der Waals surface area (Å²) >= 11 is 2.02. The fraction of sp³-hybridized carbons (Fsp3) is 0.348. The van der Waals surface area contributed by atoms with E-state index in [0.29, 0.717) is 0 Å². The Morgan fingerprint density at radius 3 is 2.79 bits per heavy atom. The lowest BCUT2D eigenvalue weighted by Gasteiger charge is -2.26. The van der Waals surface area contributed by atoms with E-state index in [1.54, 1.807) is 13.4 Å². The van der Waals surface area contributed by atoms with Crippen LogP contribution in [0.2, 0.25) is 0 Å². The molecular formula is C23H26N2O3S. The molecule has 0 saturated carbocycles. The van der Waals surface area contributed by atoms with Crippen molar-refractivity contribution in [2.45, 2.75) is 19.9 Å². The first-order valence-corrected chi connectivity index (χ1v) is 11.0. The predicted molar refractivity (Wildman–Crippen MR) is 119 cm³/mol. The summed E-state index contributed by atoms with van der Waals surface area (Å²) in [5, 5.41) is 3.98. The van der Waals surface area contributed by atoms with Crippen LogP contribution in [0.1, 0.15) is 16.7 Å². The van der Waals surface area contributed by atoms with Crippen molar-refractivity contribution in [3.8, 4) is 5.75 Å². The molecule has 6 heteroatoms. The topological polar surface area (TPSA) is 54.7 Å². The molecule has 3 aromatic rings. The smallest absolute Gasteiger partial charge is 0.228 e. The number of amides is 1. The van der Waals surface area contributed by atoms with Gasteiger partial charge in [-0.05, 0) is 36.2 Å². The minimum absolute atomic E-state index is 0.0487. The van der Waals surface area contributed by atoms with E-state index in [0.717, 1.165) is 53.2 Å². The van der Waals surface area contributed by atoms with Gasteiger partial charge < -0.3 is 14.5 Å². The molecule has 1 aliphatic rings. The zero-order chi connectivity index (χ0) is 20.2. The average molecular weight is 411 g/mol. The van der Waals surface area contributed by atoms with Crippen LogP contribution >= 0.6 is 11.8 Å². The number of ether oxygens (including phenoxy) is 1. The highest BCUT2D eigenvalue weighted by Crippen LogP contribution is 2.26. The second kappa shape index (κ2) is 8.93. The summed E-state index contributed by atoms with van der Waals surface area (Å²) in [5.74, 6) is 3.11. The van der Waals surface area contributed by atoms with Crippen LogP contribution in [0.15, 0.2) is 47.1 Å². The highest BCUT2D eigenvalue weighted by Gasteiger charge is 2.14. The molecule has 152 valence electrons. The van der Waals surface area contributed by atoms with Gasteiger partial charge in [-0.3, -0.25) is 9.69 Å². The van der Waals surface area contributed by atoms with Gasteiger partial charge in [-0.1, -0.05) is 12.1 Å². The summed E-state index contributed by atoms with van der Waals surface area (Å²) < 4.78 is 10.8. The van der Waals surface area contributed by atoms with Crippen molar-refractivity contribution in [2.75, 3.05) is 37.0 Å². The minimum atomic E-state index is -0.0487. The summed E-state index contributed by atoms with van der Waals surface area (Å²) in [5.41, 5.74) is 4.84. The molecule has 0 radical (unpaired) electrons. The first kappa shape index (κ1) is 19.9. The third-order valence-corrected chi connectivity index (χ3v) is 6.23. The van der Waals surface area contributed by atoms with E-state index in [4.69, 9.17) is 9.15 Å². The van der Waals surface area contributed by atoms with E-state index >= 15 is 0 Å². The fourth-order valence-corrected chi connectivity index (χ4v) is 4.66. The Hall–Kier alpha value is -2.44. The first-order valence-electron chi connectivity index (χ1n) is 9.86. The number of benzene rings is 2. The fourth-order valence-electron chi connectivity index (χ4n) is 3.68. The Morgan fingerprint density at radius 2 is 2.03 bits per heavy atom. The molecule has 2 heterocycles. The van der Waals surface area contributed by atoms with Crippen molar-refractivity contribution in [2.24, 2.45) is 0 Å². The molecule has 1 N–H and O–H groups in total. The number of carbonyl (C=O) groups is 1. The lowest BCUT2D eigenvalue weighted by molar-refractivity contribution is -0.115. The number of nitrogens with one attached hydrogen (secondary N) is 1. The maximum atomic E-state index is 12.6. The summed E-state index contributed by atoms with van der Waals surface area (Å²) in [6.45, 7) is 5.31. The molecule has 1 saturated heterocycles. The molecule has 0 spiro atoms. The van der Waals surface area contributed by atoms with Crippen molar-refractivity contribution in [1.82, 2.24) is 4.90 Å². The summed E-state index contributed by atoms with van der Waals surface area (Å²) in [6.07, 6.45) is 1.92. The van der Waals surface area contributed by atoms with Crippen LogP contribution in [0.5, 0.6) is 5.75 Å². The van der Waals surface area contributed by atoms with Crippen LogP contribution in [-0.2, 0) is 17.8 Å². The van der Waals surface area contributed by atoms with E-state index in [1.807, 2.05) is 43.0 Å². The van der Waals surface area contributed by atoms with Crippen molar-refractivity contribution >= 4 is 34.3 Å². The van der Waals surface area contributed by atoms with E-state index in [2.05, 4.69) is 22.3 Å². The Kier molecular flexibility index (Phi) is 6.11. The highest BCUT2D eigenvalue weighted by molar-refractivity contribution is 7.99. The van der Waals surface area contributed by atoms with E-state index in [9.17, 15) is 4.79 Å².